The van der Waals surface area contributed by atoms with Crippen molar-refractivity contribution in [2.45, 2.75) is 173 Å². The number of ether oxygens (including phenoxy) is 4. The molecular formula is C38H68O9. The molecule has 6 atom stereocenters. The van der Waals surface area contributed by atoms with Crippen LogP contribution in [0.25, 0.3) is 0 Å². The van der Waals surface area contributed by atoms with E-state index in [2.05, 4.69) is 50.3 Å². The van der Waals surface area contributed by atoms with E-state index >= 15 is 0 Å². The molecule has 4 N–H and O–H groups in total. The maximum atomic E-state index is 12.5. The van der Waals surface area contributed by atoms with E-state index in [1.54, 1.807) is 0 Å². The lowest BCUT2D eigenvalue weighted by molar-refractivity contribution is -0.305. The van der Waals surface area contributed by atoms with E-state index in [0.717, 1.165) is 57.8 Å². The van der Waals surface area contributed by atoms with Crippen molar-refractivity contribution < 1.29 is 44.2 Å². The lowest BCUT2D eigenvalue weighted by Gasteiger charge is -2.39. The quantitative estimate of drug-likeness (QED) is 0.0368. The highest BCUT2D eigenvalue weighted by Crippen LogP contribution is 2.22. The molecule has 47 heavy (non-hydrogen) atoms. The summed E-state index contributed by atoms with van der Waals surface area (Å²) in [5.41, 5.74) is 0. The van der Waals surface area contributed by atoms with Crippen molar-refractivity contribution in [2.75, 3.05) is 26.4 Å². The van der Waals surface area contributed by atoms with E-state index in [4.69, 9.17) is 18.9 Å². The number of carbonyl (C=O) groups is 1. The van der Waals surface area contributed by atoms with Crippen LogP contribution < -0.4 is 0 Å². The van der Waals surface area contributed by atoms with Crippen LogP contribution in [-0.2, 0) is 23.7 Å². The van der Waals surface area contributed by atoms with Crippen LogP contribution in [0.5, 0.6) is 0 Å². The fourth-order valence-corrected chi connectivity index (χ4v) is 5.39. The van der Waals surface area contributed by atoms with E-state index in [1.807, 2.05) is 0 Å². The third kappa shape index (κ3) is 22.6. The molecule has 1 fully saturated rings. The maximum Gasteiger partial charge on any atom is 0.306 e. The predicted octanol–water partition coefficient (Wildman–Crippen LogP) is 6.85. The highest BCUT2D eigenvalue weighted by Gasteiger charge is 2.44. The molecule has 274 valence electrons. The first-order valence-corrected chi connectivity index (χ1v) is 18.6. The van der Waals surface area contributed by atoms with Crippen LogP contribution in [0.4, 0.5) is 0 Å². The summed E-state index contributed by atoms with van der Waals surface area (Å²) < 4.78 is 22.6. The van der Waals surface area contributed by atoms with Gasteiger partial charge in [0.05, 0.1) is 19.8 Å². The number of hydrogen-bond donors (Lipinski definition) is 4. The van der Waals surface area contributed by atoms with Crippen LogP contribution in [0, 0.1) is 0 Å². The first kappa shape index (κ1) is 43.4. The molecule has 0 bridgehead atoms. The van der Waals surface area contributed by atoms with E-state index in [-0.39, 0.29) is 19.2 Å². The largest absolute Gasteiger partial charge is 0.457 e. The summed E-state index contributed by atoms with van der Waals surface area (Å²) in [6.45, 7) is 4.35. The molecular weight excluding hydrogens is 600 g/mol. The Morgan fingerprint density at radius 3 is 1.96 bits per heavy atom. The summed E-state index contributed by atoms with van der Waals surface area (Å²) >= 11 is 0. The molecule has 0 radical (unpaired) electrons. The highest BCUT2D eigenvalue weighted by molar-refractivity contribution is 5.69. The Balaban J connectivity index is 2.25. The zero-order valence-corrected chi connectivity index (χ0v) is 29.5. The molecule has 0 aliphatic carbocycles. The number of unbranched alkanes of at least 4 members (excludes halogenated alkanes) is 13. The SMILES string of the molecule is CC/C=C\C/C=C\C/C=C\CCCCCCCCCCOCC(COC1OC(CO)C(O)C(O)C1O)OC(=O)CCCCCCCC. The minimum atomic E-state index is -1.53. The smallest absolute Gasteiger partial charge is 0.306 e. The maximum absolute atomic E-state index is 12.5. The van der Waals surface area contributed by atoms with Gasteiger partial charge in [-0.1, -0.05) is 121 Å². The second-order valence-electron chi connectivity index (χ2n) is 12.6. The molecule has 9 heteroatoms. The molecule has 0 saturated carbocycles. The van der Waals surface area contributed by atoms with Crippen LogP contribution in [0.2, 0.25) is 0 Å². The van der Waals surface area contributed by atoms with Gasteiger partial charge in [0.25, 0.3) is 0 Å². The molecule has 0 amide bonds. The topological polar surface area (TPSA) is 135 Å². The van der Waals surface area contributed by atoms with Crippen molar-refractivity contribution in [3.8, 4) is 0 Å². The molecule has 1 aliphatic heterocycles. The van der Waals surface area contributed by atoms with Gasteiger partial charge in [-0.25, -0.2) is 0 Å². The number of esters is 1. The second kappa shape index (κ2) is 30.5. The van der Waals surface area contributed by atoms with Gasteiger partial charge in [0, 0.05) is 13.0 Å². The Kier molecular flexibility index (Phi) is 28.2. The highest BCUT2D eigenvalue weighted by atomic mass is 16.7. The van der Waals surface area contributed by atoms with Crippen LogP contribution in [0.3, 0.4) is 0 Å². The zero-order valence-electron chi connectivity index (χ0n) is 29.5. The first-order valence-electron chi connectivity index (χ1n) is 18.6. The fraction of sp³-hybridized carbons (Fsp3) is 0.816. The first-order chi connectivity index (χ1) is 22.9. The van der Waals surface area contributed by atoms with E-state index < -0.39 is 43.4 Å². The van der Waals surface area contributed by atoms with Crippen molar-refractivity contribution in [2.24, 2.45) is 0 Å². The van der Waals surface area contributed by atoms with Crippen LogP contribution in [-0.4, -0.2) is 89.6 Å². The Hall–Kier alpha value is -1.59. The summed E-state index contributed by atoms with van der Waals surface area (Å²) in [7, 11) is 0. The Morgan fingerprint density at radius 2 is 1.30 bits per heavy atom. The van der Waals surface area contributed by atoms with Crippen molar-refractivity contribution in [3.63, 3.8) is 0 Å². The van der Waals surface area contributed by atoms with Crippen LogP contribution in [0.1, 0.15) is 136 Å². The Labute approximate surface area is 285 Å². The van der Waals surface area contributed by atoms with E-state index in [1.165, 1.54) is 57.8 Å². The normalized spacial score (nSPS) is 22.6. The van der Waals surface area contributed by atoms with Crippen molar-refractivity contribution >= 4 is 5.97 Å². The summed E-state index contributed by atoms with van der Waals surface area (Å²) in [6.07, 6.45) is 26.3. The van der Waals surface area contributed by atoms with Gasteiger partial charge in [0.1, 0.15) is 30.5 Å². The van der Waals surface area contributed by atoms with Crippen molar-refractivity contribution in [1.29, 1.82) is 0 Å². The number of aliphatic hydroxyl groups is 4. The molecule has 0 aromatic rings. The van der Waals surface area contributed by atoms with Gasteiger partial charge in [-0.3, -0.25) is 4.79 Å². The minimum Gasteiger partial charge on any atom is -0.457 e. The zero-order chi connectivity index (χ0) is 34.4. The molecule has 0 aromatic heterocycles. The summed E-state index contributed by atoms with van der Waals surface area (Å²) in [5, 5.41) is 39.8. The lowest BCUT2D eigenvalue weighted by Crippen LogP contribution is -2.59. The molecule has 0 aromatic carbocycles. The standard InChI is InChI=1S/C38H68O9/c1-3-5-7-9-11-12-13-14-15-16-17-18-19-20-21-22-24-26-28-44-30-32(46-34(40)27-25-23-10-8-6-4-2)31-45-38-37(43)36(42)35(41)33(29-39)47-38/h5,7,11-12,14-15,32-33,35-39,41-43H,3-4,6,8-10,13,16-31H2,1-2H3/b7-5-,12-11-,15-14-. The third-order valence-corrected chi connectivity index (χ3v) is 8.32. The fourth-order valence-electron chi connectivity index (χ4n) is 5.39. The Bertz CT molecular complexity index is 813. The van der Waals surface area contributed by atoms with Crippen molar-refractivity contribution in [3.05, 3.63) is 36.5 Å². The van der Waals surface area contributed by atoms with Gasteiger partial charge in [0.2, 0.25) is 0 Å². The van der Waals surface area contributed by atoms with E-state index in [9.17, 15) is 25.2 Å². The summed E-state index contributed by atoms with van der Waals surface area (Å²) in [4.78, 5) is 12.5. The van der Waals surface area contributed by atoms with Crippen LogP contribution >= 0.6 is 0 Å². The third-order valence-electron chi connectivity index (χ3n) is 8.32. The molecule has 0 spiro atoms. The molecule has 6 unspecified atom stereocenters. The molecule has 1 aliphatic rings. The summed E-state index contributed by atoms with van der Waals surface area (Å²) in [6, 6.07) is 0. The van der Waals surface area contributed by atoms with Crippen molar-refractivity contribution in [1.82, 2.24) is 0 Å². The number of aliphatic hydroxyl groups excluding tert-OH is 4. The second-order valence-corrected chi connectivity index (χ2v) is 12.6. The average molecular weight is 669 g/mol. The van der Waals surface area contributed by atoms with Gasteiger partial charge in [-0.05, 0) is 44.9 Å². The van der Waals surface area contributed by atoms with Gasteiger partial charge in [0.15, 0.2) is 6.29 Å². The monoisotopic (exact) mass is 668 g/mol. The molecule has 1 saturated heterocycles. The molecule has 1 heterocycles. The average Bonchev–Trinajstić information content (AvgIpc) is 3.07. The Morgan fingerprint density at radius 1 is 0.702 bits per heavy atom. The number of rotatable bonds is 30. The molecule has 9 nitrogen and oxygen atoms in total. The predicted molar refractivity (Wildman–Crippen MR) is 187 cm³/mol. The number of hydrogen-bond acceptors (Lipinski definition) is 9. The minimum absolute atomic E-state index is 0.116. The van der Waals surface area contributed by atoms with Crippen LogP contribution in [0.15, 0.2) is 36.5 Å². The van der Waals surface area contributed by atoms with Gasteiger partial charge in [-0.2, -0.15) is 0 Å². The number of carbonyl (C=O) groups excluding carboxylic acids is 1. The van der Waals surface area contributed by atoms with E-state index in [0.29, 0.717) is 13.0 Å². The molecule has 1 rings (SSSR count). The van der Waals surface area contributed by atoms with Gasteiger partial charge < -0.3 is 39.4 Å². The van der Waals surface area contributed by atoms with Gasteiger partial charge in [-0.15, -0.1) is 0 Å². The summed E-state index contributed by atoms with van der Waals surface area (Å²) in [5.74, 6) is -0.328. The lowest BCUT2D eigenvalue weighted by atomic mass is 9.99. The van der Waals surface area contributed by atoms with Gasteiger partial charge >= 0.3 is 5.97 Å². The number of allylic oxidation sites excluding steroid dienone is 6.